The van der Waals surface area contributed by atoms with Gasteiger partial charge in [-0.3, -0.25) is 4.79 Å². The molecule has 0 saturated carbocycles. The topological polar surface area (TPSA) is 26.3 Å². The Labute approximate surface area is 80.0 Å². The molecule has 1 aliphatic heterocycles. The summed E-state index contributed by atoms with van der Waals surface area (Å²) in [5, 5.41) is 0. The van der Waals surface area contributed by atoms with Gasteiger partial charge < -0.3 is 4.74 Å². The van der Waals surface area contributed by atoms with Crippen LogP contribution in [0.5, 0.6) is 0 Å². The molecule has 0 radical (unpaired) electrons. The van der Waals surface area contributed by atoms with Crippen LogP contribution in [-0.2, 0) is 9.53 Å². The number of ketones is 1. The largest absolute Gasteiger partial charge is 0.487 e. The second kappa shape index (κ2) is 5.05. The van der Waals surface area contributed by atoms with Crippen LogP contribution in [0.25, 0.3) is 0 Å². The number of rotatable bonds is 5. The third kappa shape index (κ3) is 3.21. The van der Waals surface area contributed by atoms with Crippen molar-refractivity contribution in [3.05, 3.63) is 11.8 Å². The Morgan fingerprint density at radius 3 is 2.69 bits per heavy atom. The lowest BCUT2D eigenvalue weighted by atomic mass is 10.1. The van der Waals surface area contributed by atoms with Crippen LogP contribution >= 0.6 is 0 Å². The van der Waals surface area contributed by atoms with Gasteiger partial charge in [0.1, 0.15) is 0 Å². The molecule has 0 aromatic heterocycles. The van der Waals surface area contributed by atoms with E-state index in [-0.39, 0.29) is 11.9 Å². The molecule has 74 valence electrons. The molecule has 1 atom stereocenters. The standard InChI is InChI=1S/C11H18O2/c1-3-4-5-6-7-11-10(12)8-9(2)13-11/h8,11H,3-7H2,1-2H3/t11-/m1/s1. The van der Waals surface area contributed by atoms with Crippen LogP contribution in [-0.4, -0.2) is 11.9 Å². The Bertz CT molecular complexity index is 206. The summed E-state index contributed by atoms with van der Waals surface area (Å²) in [6.45, 7) is 4.02. The third-order valence-corrected chi connectivity index (χ3v) is 2.31. The van der Waals surface area contributed by atoms with Crippen LogP contribution in [0.4, 0.5) is 0 Å². The second-order valence-corrected chi connectivity index (χ2v) is 3.61. The fourth-order valence-corrected chi connectivity index (χ4v) is 1.57. The minimum Gasteiger partial charge on any atom is -0.487 e. The highest BCUT2D eigenvalue weighted by atomic mass is 16.5. The van der Waals surface area contributed by atoms with E-state index in [9.17, 15) is 4.79 Å². The number of ether oxygens (including phenoxy) is 1. The Balaban J connectivity index is 2.14. The van der Waals surface area contributed by atoms with Crippen molar-refractivity contribution in [2.24, 2.45) is 0 Å². The molecule has 13 heavy (non-hydrogen) atoms. The summed E-state index contributed by atoms with van der Waals surface area (Å²) in [4.78, 5) is 11.2. The summed E-state index contributed by atoms with van der Waals surface area (Å²) in [5.74, 6) is 0.916. The summed E-state index contributed by atoms with van der Waals surface area (Å²) >= 11 is 0. The molecule has 0 aromatic rings. The van der Waals surface area contributed by atoms with Gasteiger partial charge in [0.15, 0.2) is 11.9 Å². The van der Waals surface area contributed by atoms with Crippen LogP contribution in [0.15, 0.2) is 11.8 Å². The smallest absolute Gasteiger partial charge is 0.199 e. The van der Waals surface area contributed by atoms with E-state index in [4.69, 9.17) is 4.74 Å². The van der Waals surface area contributed by atoms with Gasteiger partial charge in [0, 0.05) is 6.08 Å². The number of allylic oxidation sites excluding steroid dienone is 1. The van der Waals surface area contributed by atoms with Crippen molar-refractivity contribution in [1.29, 1.82) is 0 Å². The van der Waals surface area contributed by atoms with E-state index in [1.165, 1.54) is 19.3 Å². The molecule has 2 heteroatoms. The predicted molar refractivity (Wildman–Crippen MR) is 52.4 cm³/mol. The molecule has 0 fully saturated rings. The van der Waals surface area contributed by atoms with Gasteiger partial charge in [0.2, 0.25) is 0 Å². The molecule has 1 rings (SSSR count). The van der Waals surface area contributed by atoms with Crippen molar-refractivity contribution in [3.63, 3.8) is 0 Å². The number of hydrogen-bond donors (Lipinski definition) is 0. The van der Waals surface area contributed by atoms with Gasteiger partial charge in [-0.25, -0.2) is 0 Å². The molecule has 0 N–H and O–H groups in total. The molecule has 0 saturated heterocycles. The van der Waals surface area contributed by atoms with E-state index in [1.807, 2.05) is 6.92 Å². The van der Waals surface area contributed by atoms with Gasteiger partial charge >= 0.3 is 0 Å². The van der Waals surface area contributed by atoms with Crippen molar-refractivity contribution in [2.45, 2.75) is 52.1 Å². The Morgan fingerprint density at radius 2 is 2.15 bits per heavy atom. The molecule has 0 unspecified atom stereocenters. The van der Waals surface area contributed by atoms with E-state index >= 15 is 0 Å². The Morgan fingerprint density at radius 1 is 1.38 bits per heavy atom. The van der Waals surface area contributed by atoms with Gasteiger partial charge in [0.25, 0.3) is 0 Å². The quantitative estimate of drug-likeness (QED) is 0.611. The number of carbonyl (C=O) groups is 1. The highest BCUT2D eigenvalue weighted by Gasteiger charge is 2.23. The normalized spacial score (nSPS) is 21.5. The van der Waals surface area contributed by atoms with E-state index in [0.717, 1.165) is 18.6 Å². The van der Waals surface area contributed by atoms with E-state index < -0.39 is 0 Å². The Hall–Kier alpha value is -0.790. The molecule has 1 heterocycles. The van der Waals surface area contributed by atoms with Crippen molar-refractivity contribution >= 4 is 5.78 Å². The van der Waals surface area contributed by atoms with Gasteiger partial charge in [-0.15, -0.1) is 0 Å². The summed E-state index contributed by atoms with van der Waals surface area (Å²) in [7, 11) is 0. The third-order valence-electron chi connectivity index (χ3n) is 2.31. The van der Waals surface area contributed by atoms with Gasteiger partial charge in [0.05, 0.1) is 5.76 Å². The monoisotopic (exact) mass is 182 g/mol. The average Bonchev–Trinajstić information content (AvgIpc) is 2.39. The van der Waals surface area contributed by atoms with Gasteiger partial charge in [-0.1, -0.05) is 26.2 Å². The first-order valence-electron chi connectivity index (χ1n) is 5.13. The fourth-order valence-electron chi connectivity index (χ4n) is 1.57. The lowest BCUT2D eigenvalue weighted by Crippen LogP contribution is -2.15. The molecule has 0 amide bonds. The van der Waals surface area contributed by atoms with Crippen LogP contribution in [0.3, 0.4) is 0 Å². The van der Waals surface area contributed by atoms with Crippen LogP contribution in [0.2, 0.25) is 0 Å². The zero-order valence-electron chi connectivity index (χ0n) is 8.51. The molecule has 0 aliphatic carbocycles. The van der Waals surface area contributed by atoms with Crippen molar-refractivity contribution in [2.75, 3.05) is 0 Å². The van der Waals surface area contributed by atoms with E-state index in [0.29, 0.717) is 0 Å². The van der Waals surface area contributed by atoms with Crippen LogP contribution in [0, 0.1) is 0 Å². The first-order chi connectivity index (χ1) is 6.24. The first-order valence-corrected chi connectivity index (χ1v) is 5.13. The first kappa shape index (κ1) is 10.3. The maximum Gasteiger partial charge on any atom is 0.199 e. The summed E-state index contributed by atoms with van der Waals surface area (Å²) < 4.78 is 5.37. The molecule has 2 nitrogen and oxygen atoms in total. The molecule has 0 aromatic carbocycles. The summed E-state index contributed by atoms with van der Waals surface area (Å²) in [6, 6.07) is 0. The zero-order valence-corrected chi connectivity index (χ0v) is 8.51. The highest BCUT2D eigenvalue weighted by molar-refractivity contribution is 5.95. The Kier molecular flexibility index (Phi) is 4.00. The van der Waals surface area contributed by atoms with Crippen molar-refractivity contribution in [3.8, 4) is 0 Å². The van der Waals surface area contributed by atoms with E-state index in [1.54, 1.807) is 6.08 Å². The molecular weight excluding hydrogens is 164 g/mol. The number of hydrogen-bond acceptors (Lipinski definition) is 2. The molecule has 0 bridgehead atoms. The zero-order chi connectivity index (χ0) is 9.68. The summed E-state index contributed by atoms with van der Waals surface area (Å²) in [5.41, 5.74) is 0. The van der Waals surface area contributed by atoms with Crippen LogP contribution in [0.1, 0.15) is 46.0 Å². The molecule has 0 spiro atoms. The molecular formula is C11H18O2. The van der Waals surface area contributed by atoms with Crippen LogP contribution < -0.4 is 0 Å². The number of unbranched alkanes of at least 4 members (excludes halogenated alkanes) is 3. The minimum absolute atomic E-state index is 0.147. The second-order valence-electron chi connectivity index (χ2n) is 3.61. The lowest BCUT2D eigenvalue weighted by molar-refractivity contribution is -0.120. The SMILES string of the molecule is CCCCCC[C@H]1OC(C)=CC1=O. The van der Waals surface area contributed by atoms with Gasteiger partial charge in [-0.05, 0) is 19.8 Å². The fraction of sp³-hybridized carbons (Fsp3) is 0.727. The van der Waals surface area contributed by atoms with Gasteiger partial charge in [-0.2, -0.15) is 0 Å². The average molecular weight is 182 g/mol. The molecule has 1 aliphatic rings. The maximum atomic E-state index is 11.2. The van der Waals surface area contributed by atoms with Crippen molar-refractivity contribution in [1.82, 2.24) is 0 Å². The summed E-state index contributed by atoms with van der Waals surface area (Å²) in [6.07, 6.45) is 7.12. The maximum absolute atomic E-state index is 11.2. The van der Waals surface area contributed by atoms with Crippen molar-refractivity contribution < 1.29 is 9.53 Å². The minimum atomic E-state index is -0.170. The lowest BCUT2D eigenvalue weighted by Gasteiger charge is -2.09. The number of carbonyl (C=O) groups excluding carboxylic acids is 1. The van der Waals surface area contributed by atoms with E-state index in [2.05, 4.69) is 6.92 Å². The predicted octanol–water partition coefficient (Wildman–Crippen LogP) is 2.83. The highest BCUT2D eigenvalue weighted by Crippen LogP contribution is 2.18.